The first-order valence-corrected chi connectivity index (χ1v) is 10.0. The lowest BCUT2D eigenvalue weighted by atomic mass is 9.98. The molecule has 1 aliphatic carbocycles. The van der Waals surface area contributed by atoms with Crippen molar-refractivity contribution in [1.29, 1.82) is 0 Å². The second kappa shape index (κ2) is 9.17. The fourth-order valence-corrected chi connectivity index (χ4v) is 3.60. The summed E-state index contributed by atoms with van der Waals surface area (Å²) in [6, 6.07) is 6.24. The van der Waals surface area contributed by atoms with Crippen LogP contribution in [0.3, 0.4) is 0 Å². The van der Waals surface area contributed by atoms with Crippen LogP contribution in [-0.2, 0) is 6.42 Å². The van der Waals surface area contributed by atoms with Gasteiger partial charge in [-0.3, -0.25) is 0 Å². The standard InChI is InChI=1S/C22H33NO2/c1-17(20-9-10-20)6-4-3-5-7-18(2)23-13-12-19-8-11-21-22(16-19)25-15-14-24-21/h8,11,16-17,20,23H,2-7,9-10,12-15H2,1H3. The predicted molar refractivity (Wildman–Crippen MR) is 103 cm³/mol. The summed E-state index contributed by atoms with van der Waals surface area (Å²) in [4.78, 5) is 0. The molecule has 25 heavy (non-hydrogen) atoms. The fourth-order valence-electron chi connectivity index (χ4n) is 3.60. The average molecular weight is 344 g/mol. The van der Waals surface area contributed by atoms with Crippen LogP contribution in [0.4, 0.5) is 0 Å². The van der Waals surface area contributed by atoms with Gasteiger partial charge in [0.1, 0.15) is 13.2 Å². The maximum Gasteiger partial charge on any atom is 0.161 e. The summed E-state index contributed by atoms with van der Waals surface area (Å²) in [5.74, 6) is 3.75. The molecule has 3 heteroatoms. The highest BCUT2D eigenvalue weighted by atomic mass is 16.6. The Labute approximate surface area is 152 Å². The Morgan fingerprint density at radius 3 is 2.76 bits per heavy atom. The number of nitrogens with one attached hydrogen (secondary N) is 1. The lowest BCUT2D eigenvalue weighted by molar-refractivity contribution is 0.171. The summed E-state index contributed by atoms with van der Waals surface area (Å²) < 4.78 is 11.2. The van der Waals surface area contributed by atoms with Crippen LogP contribution in [0.5, 0.6) is 11.5 Å². The van der Waals surface area contributed by atoms with Crippen LogP contribution in [0.2, 0.25) is 0 Å². The molecule has 0 aromatic heterocycles. The second-order valence-corrected chi connectivity index (χ2v) is 7.67. The Morgan fingerprint density at radius 2 is 1.96 bits per heavy atom. The molecule has 0 saturated heterocycles. The molecular formula is C22H33NO2. The molecule has 1 atom stereocenters. The number of ether oxygens (including phenoxy) is 2. The summed E-state index contributed by atoms with van der Waals surface area (Å²) in [5, 5.41) is 3.47. The van der Waals surface area contributed by atoms with Gasteiger partial charge < -0.3 is 14.8 Å². The zero-order valence-electron chi connectivity index (χ0n) is 15.7. The summed E-state index contributed by atoms with van der Waals surface area (Å²) in [6.07, 6.45) is 10.4. The minimum atomic E-state index is 0.644. The van der Waals surface area contributed by atoms with Gasteiger partial charge in [0.05, 0.1) is 0 Å². The molecule has 1 aromatic carbocycles. The second-order valence-electron chi connectivity index (χ2n) is 7.67. The van der Waals surface area contributed by atoms with E-state index in [1.807, 2.05) is 6.07 Å². The van der Waals surface area contributed by atoms with E-state index in [1.165, 1.54) is 49.8 Å². The van der Waals surface area contributed by atoms with Gasteiger partial charge in [-0.05, 0) is 61.6 Å². The third-order valence-corrected chi connectivity index (χ3v) is 5.46. The summed E-state index contributed by atoms with van der Waals surface area (Å²) >= 11 is 0. The Bertz CT molecular complexity index is 565. The van der Waals surface area contributed by atoms with Crippen molar-refractivity contribution in [2.75, 3.05) is 19.8 Å². The Balaban J connectivity index is 1.25. The summed E-state index contributed by atoms with van der Waals surface area (Å²) in [5.41, 5.74) is 2.45. The van der Waals surface area contributed by atoms with E-state index in [4.69, 9.17) is 9.47 Å². The van der Waals surface area contributed by atoms with E-state index in [2.05, 4.69) is 31.0 Å². The Morgan fingerprint density at radius 1 is 1.16 bits per heavy atom. The lowest BCUT2D eigenvalue weighted by Crippen LogP contribution is -2.17. The first kappa shape index (κ1) is 18.2. The van der Waals surface area contributed by atoms with Crippen molar-refractivity contribution >= 4 is 0 Å². The van der Waals surface area contributed by atoms with Crippen LogP contribution in [0.1, 0.15) is 57.4 Å². The minimum absolute atomic E-state index is 0.644. The van der Waals surface area contributed by atoms with Crippen molar-refractivity contribution in [2.45, 2.75) is 58.3 Å². The van der Waals surface area contributed by atoms with Crippen LogP contribution in [0, 0.1) is 11.8 Å². The first-order valence-electron chi connectivity index (χ1n) is 10.0. The number of allylic oxidation sites excluding steroid dienone is 1. The van der Waals surface area contributed by atoms with Gasteiger partial charge in [-0.2, -0.15) is 0 Å². The van der Waals surface area contributed by atoms with Crippen LogP contribution in [0.15, 0.2) is 30.5 Å². The van der Waals surface area contributed by atoms with Gasteiger partial charge >= 0.3 is 0 Å². The van der Waals surface area contributed by atoms with E-state index in [9.17, 15) is 0 Å². The van der Waals surface area contributed by atoms with Gasteiger partial charge in [0.15, 0.2) is 11.5 Å². The zero-order chi connectivity index (χ0) is 17.5. The van der Waals surface area contributed by atoms with E-state index >= 15 is 0 Å². The molecule has 0 amide bonds. The van der Waals surface area contributed by atoms with E-state index in [-0.39, 0.29) is 0 Å². The molecule has 1 aromatic rings. The number of rotatable bonds is 11. The largest absolute Gasteiger partial charge is 0.486 e. The Hall–Kier alpha value is -1.64. The van der Waals surface area contributed by atoms with Crippen LogP contribution >= 0.6 is 0 Å². The molecule has 3 rings (SSSR count). The van der Waals surface area contributed by atoms with Gasteiger partial charge in [0.2, 0.25) is 0 Å². The van der Waals surface area contributed by atoms with Crippen molar-refractivity contribution in [3.8, 4) is 11.5 Å². The first-order chi connectivity index (χ1) is 12.2. The number of benzene rings is 1. The van der Waals surface area contributed by atoms with Crippen molar-refractivity contribution in [3.63, 3.8) is 0 Å². The van der Waals surface area contributed by atoms with Crippen molar-refractivity contribution in [2.24, 2.45) is 11.8 Å². The summed E-state index contributed by atoms with van der Waals surface area (Å²) in [7, 11) is 0. The number of fused-ring (bicyclic) bond motifs is 1. The topological polar surface area (TPSA) is 30.5 Å². The monoisotopic (exact) mass is 343 g/mol. The third-order valence-electron chi connectivity index (χ3n) is 5.46. The molecule has 0 radical (unpaired) electrons. The molecule has 3 nitrogen and oxygen atoms in total. The van der Waals surface area contributed by atoms with E-state index in [0.717, 1.165) is 42.7 Å². The van der Waals surface area contributed by atoms with Crippen molar-refractivity contribution in [1.82, 2.24) is 5.32 Å². The van der Waals surface area contributed by atoms with Gasteiger partial charge in [-0.25, -0.2) is 0 Å². The highest BCUT2D eigenvalue weighted by Gasteiger charge is 2.26. The highest BCUT2D eigenvalue weighted by molar-refractivity contribution is 5.43. The molecule has 0 bridgehead atoms. The molecule has 1 heterocycles. The van der Waals surface area contributed by atoms with Gasteiger partial charge in [-0.1, -0.05) is 38.8 Å². The molecule has 138 valence electrons. The minimum Gasteiger partial charge on any atom is -0.486 e. The third kappa shape index (κ3) is 5.98. The molecule has 1 fully saturated rings. The highest BCUT2D eigenvalue weighted by Crippen LogP contribution is 2.38. The predicted octanol–water partition coefficient (Wildman–Crippen LogP) is 5.10. The van der Waals surface area contributed by atoms with Gasteiger partial charge in [-0.15, -0.1) is 0 Å². The summed E-state index contributed by atoms with van der Waals surface area (Å²) in [6.45, 7) is 8.82. The molecule has 1 aliphatic heterocycles. The number of hydrogen-bond donors (Lipinski definition) is 1. The number of hydrogen-bond acceptors (Lipinski definition) is 3. The Kier molecular flexibility index (Phi) is 6.66. The zero-order valence-corrected chi connectivity index (χ0v) is 15.7. The average Bonchev–Trinajstić information content (AvgIpc) is 3.46. The molecule has 0 spiro atoms. The van der Waals surface area contributed by atoms with Gasteiger partial charge in [0, 0.05) is 12.2 Å². The van der Waals surface area contributed by atoms with Gasteiger partial charge in [0.25, 0.3) is 0 Å². The van der Waals surface area contributed by atoms with Crippen molar-refractivity contribution < 1.29 is 9.47 Å². The smallest absolute Gasteiger partial charge is 0.161 e. The fraction of sp³-hybridized carbons (Fsp3) is 0.636. The number of unbranched alkanes of at least 4 members (excludes halogenated alkanes) is 2. The van der Waals surface area contributed by atoms with Crippen molar-refractivity contribution in [3.05, 3.63) is 36.0 Å². The normalized spacial score (nSPS) is 17.2. The molecule has 1 N–H and O–H groups in total. The molecule has 1 saturated carbocycles. The SMILES string of the molecule is C=C(CCCCCC(C)C1CC1)NCCc1ccc2c(c1)OCCO2. The maximum absolute atomic E-state index is 5.64. The molecular weight excluding hydrogens is 310 g/mol. The quantitative estimate of drug-likeness (QED) is 0.567. The van der Waals surface area contributed by atoms with Crippen LogP contribution < -0.4 is 14.8 Å². The van der Waals surface area contributed by atoms with E-state index in [1.54, 1.807) is 0 Å². The van der Waals surface area contributed by atoms with E-state index in [0.29, 0.717) is 13.2 Å². The molecule has 2 aliphatic rings. The van der Waals surface area contributed by atoms with Crippen LogP contribution in [0.25, 0.3) is 0 Å². The van der Waals surface area contributed by atoms with Crippen LogP contribution in [-0.4, -0.2) is 19.8 Å². The van der Waals surface area contributed by atoms with E-state index < -0.39 is 0 Å². The lowest BCUT2D eigenvalue weighted by Gasteiger charge is -2.19. The molecule has 1 unspecified atom stereocenters. The maximum atomic E-state index is 5.64.